The Labute approximate surface area is 113 Å². The summed E-state index contributed by atoms with van der Waals surface area (Å²) in [4.78, 5) is 21.1. The Bertz CT molecular complexity index is 464. The predicted octanol–water partition coefficient (Wildman–Crippen LogP) is 0.120. The Morgan fingerprint density at radius 1 is 1.26 bits per heavy atom. The van der Waals surface area contributed by atoms with Gasteiger partial charge in [-0.25, -0.2) is 4.98 Å². The van der Waals surface area contributed by atoms with Crippen molar-refractivity contribution in [3.8, 4) is 0 Å². The molecule has 2 aliphatic rings. The van der Waals surface area contributed by atoms with Gasteiger partial charge in [-0.1, -0.05) is 6.07 Å². The van der Waals surface area contributed by atoms with Gasteiger partial charge in [-0.3, -0.25) is 9.69 Å². The molecule has 0 bridgehead atoms. The number of pyridine rings is 1. The Balaban J connectivity index is 1.60. The summed E-state index contributed by atoms with van der Waals surface area (Å²) in [6.45, 7) is 7.67. The number of hydrogen-bond donors (Lipinski definition) is 1. The van der Waals surface area contributed by atoms with E-state index < -0.39 is 0 Å². The third-order valence-electron chi connectivity index (χ3n) is 3.99. The van der Waals surface area contributed by atoms with Gasteiger partial charge in [0, 0.05) is 51.0 Å². The van der Waals surface area contributed by atoms with Crippen molar-refractivity contribution >= 4 is 5.91 Å². The fourth-order valence-electron chi connectivity index (χ4n) is 2.65. The molecule has 0 aliphatic carbocycles. The quantitative estimate of drug-likeness (QED) is 0.820. The summed E-state index contributed by atoms with van der Waals surface area (Å²) in [5, 5.41) is 3.29. The summed E-state index contributed by atoms with van der Waals surface area (Å²) in [6.07, 6.45) is 0. The van der Waals surface area contributed by atoms with Crippen LogP contribution >= 0.6 is 0 Å². The van der Waals surface area contributed by atoms with E-state index in [9.17, 15) is 4.79 Å². The number of aromatic nitrogens is 1. The van der Waals surface area contributed by atoms with Crippen molar-refractivity contribution in [2.75, 3.05) is 39.3 Å². The van der Waals surface area contributed by atoms with E-state index in [1.54, 1.807) is 6.07 Å². The van der Waals surface area contributed by atoms with Crippen LogP contribution in [0.25, 0.3) is 0 Å². The van der Waals surface area contributed by atoms with Crippen molar-refractivity contribution in [1.29, 1.82) is 0 Å². The van der Waals surface area contributed by atoms with Gasteiger partial charge in [-0.15, -0.1) is 0 Å². The first-order valence-electron chi connectivity index (χ1n) is 6.92. The lowest BCUT2D eigenvalue weighted by atomic mass is 10.1. The van der Waals surface area contributed by atoms with E-state index in [2.05, 4.69) is 15.2 Å². The van der Waals surface area contributed by atoms with Crippen LogP contribution in [0.4, 0.5) is 0 Å². The number of hydrogen-bond acceptors (Lipinski definition) is 4. The summed E-state index contributed by atoms with van der Waals surface area (Å²) in [5.74, 6) is 0.0649. The molecular weight excluding hydrogens is 240 g/mol. The molecule has 0 unspecified atom stereocenters. The maximum absolute atomic E-state index is 12.3. The molecule has 3 heterocycles. The van der Waals surface area contributed by atoms with Crippen molar-refractivity contribution in [3.63, 3.8) is 0 Å². The van der Waals surface area contributed by atoms with Crippen LogP contribution in [0.3, 0.4) is 0 Å². The van der Waals surface area contributed by atoms with Gasteiger partial charge in [0.25, 0.3) is 5.91 Å². The van der Waals surface area contributed by atoms with Gasteiger partial charge in [0.15, 0.2) is 0 Å². The second-order valence-corrected chi connectivity index (χ2v) is 5.30. The molecule has 1 amide bonds. The maximum atomic E-state index is 12.3. The average molecular weight is 260 g/mol. The number of nitrogens with zero attached hydrogens (tertiary/aromatic N) is 3. The van der Waals surface area contributed by atoms with E-state index in [0.717, 1.165) is 45.0 Å². The topological polar surface area (TPSA) is 48.5 Å². The van der Waals surface area contributed by atoms with Gasteiger partial charge in [0.1, 0.15) is 5.69 Å². The van der Waals surface area contributed by atoms with E-state index in [0.29, 0.717) is 11.7 Å². The van der Waals surface area contributed by atoms with Gasteiger partial charge in [-0.2, -0.15) is 0 Å². The standard InChI is InChI=1S/C14H20N4O/c1-11-3-2-4-13(16-11)14(19)18-7-5-17(6-8-18)12-9-15-10-12/h2-4,12,15H,5-10H2,1H3. The smallest absolute Gasteiger partial charge is 0.272 e. The molecule has 0 radical (unpaired) electrons. The number of rotatable bonds is 2. The van der Waals surface area contributed by atoms with E-state index in [-0.39, 0.29) is 5.91 Å². The first-order valence-corrected chi connectivity index (χ1v) is 6.92. The number of piperazine rings is 1. The largest absolute Gasteiger partial charge is 0.335 e. The lowest BCUT2D eigenvalue weighted by molar-refractivity contribution is 0.0497. The molecule has 5 heteroatoms. The van der Waals surface area contributed by atoms with Crippen LogP contribution in [0, 0.1) is 6.92 Å². The fraction of sp³-hybridized carbons (Fsp3) is 0.571. The second-order valence-electron chi connectivity index (χ2n) is 5.30. The van der Waals surface area contributed by atoms with Crippen LogP contribution in [0.15, 0.2) is 18.2 Å². The van der Waals surface area contributed by atoms with Crippen LogP contribution in [0.5, 0.6) is 0 Å². The monoisotopic (exact) mass is 260 g/mol. The number of aryl methyl sites for hydroxylation is 1. The summed E-state index contributed by atoms with van der Waals surface area (Å²) >= 11 is 0. The lowest BCUT2D eigenvalue weighted by Gasteiger charge is -2.43. The molecule has 19 heavy (non-hydrogen) atoms. The Kier molecular flexibility index (Phi) is 3.48. The molecule has 3 rings (SSSR count). The van der Waals surface area contributed by atoms with Gasteiger partial charge in [-0.05, 0) is 19.1 Å². The van der Waals surface area contributed by atoms with Crippen molar-refractivity contribution in [3.05, 3.63) is 29.6 Å². The Hall–Kier alpha value is -1.46. The molecule has 2 fully saturated rings. The van der Waals surface area contributed by atoms with Crippen molar-refractivity contribution in [2.45, 2.75) is 13.0 Å². The number of carbonyl (C=O) groups excluding carboxylic acids is 1. The molecule has 2 aliphatic heterocycles. The van der Waals surface area contributed by atoms with Crippen LogP contribution in [0.1, 0.15) is 16.2 Å². The first kappa shape index (κ1) is 12.6. The molecule has 1 aromatic heterocycles. The van der Waals surface area contributed by atoms with Crippen LogP contribution < -0.4 is 5.32 Å². The van der Waals surface area contributed by atoms with Gasteiger partial charge >= 0.3 is 0 Å². The summed E-state index contributed by atoms with van der Waals surface area (Å²) in [6, 6.07) is 6.29. The minimum Gasteiger partial charge on any atom is -0.335 e. The maximum Gasteiger partial charge on any atom is 0.272 e. The molecule has 0 atom stereocenters. The highest BCUT2D eigenvalue weighted by Crippen LogP contribution is 2.12. The zero-order valence-electron chi connectivity index (χ0n) is 11.3. The van der Waals surface area contributed by atoms with E-state index >= 15 is 0 Å². The number of nitrogens with one attached hydrogen (secondary N) is 1. The zero-order chi connectivity index (χ0) is 13.2. The summed E-state index contributed by atoms with van der Waals surface area (Å²) in [7, 11) is 0. The molecule has 5 nitrogen and oxygen atoms in total. The lowest BCUT2D eigenvalue weighted by Crippen LogP contribution is -2.62. The fourth-order valence-corrected chi connectivity index (χ4v) is 2.65. The van der Waals surface area contributed by atoms with E-state index in [1.807, 2.05) is 24.0 Å². The van der Waals surface area contributed by atoms with Crippen LogP contribution in [0.2, 0.25) is 0 Å². The van der Waals surface area contributed by atoms with Gasteiger partial charge in [0.05, 0.1) is 0 Å². The van der Waals surface area contributed by atoms with E-state index in [1.165, 1.54) is 0 Å². The Morgan fingerprint density at radius 3 is 2.58 bits per heavy atom. The van der Waals surface area contributed by atoms with Crippen molar-refractivity contribution < 1.29 is 4.79 Å². The minimum atomic E-state index is 0.0649. The van der Waals surface area contributed by atoms with E-state index in [4.69, 9.17) is 0 Å². The van der Waals surface area contributed by atoms with Crippen LogP contribution in [-0.2, 0) is 0 Å². The zero-order valence-corrected chi connectivity index (χ0v) is 11.3. The third kappa shape index (κ3) is 2.62. The normalized spacial score (nSPS) is 21.2. The molecule has 102 valence electrons. The summed E-state index contributed by atoms with van der Waals surface area (Å²) in [5.41, 5.74) is 1.46. The molecule has 2 saturated heterocycles. The highest BCUT2D eigenvalue weighted by molar-refractivity contribution is 5.92. The minimum absolute atomic E-state index is 0.0649. The SMILES string of the molecule is Cc1cccc(C(=O)N2CCN(C3CNC3)CC2)n1. The second kappa shape index (κ2) is 5.27. The predicted molar refractivity (Wildman–Crippen MR) is 73.1 cm³/mol. The molecule has 0 saturated carbocycles. The molecule has 1 aromatic rings. The molecule has 0 aromatic carbocycles. The third-order valence-corrected chi connectivity index (χ3v) is 3.99. The molecule has 1 N–H and O–H groups in total. The van der Waals surface area contributed by atoms with Crippen molar-refractivity contribution in [1.82, 2.24) is 20.1 Å². The van der Waals surface area contributed by atoms with Gasteiger partial charge < -0.3 is 10.2 Å². The highest BCUT2D eigenvalue weighted by atomic mass is 16.2. The Morgan fingerprint density at radius 2 is 2.00 bits per heavy atom. The number of carbonyl (C=O) groups is 1. The number of amides is 1. The van der Waals surface area contributed by atoms with Crippen LogP contribution in [-0.4, -0.2) is 66.0 Å². The van der Waals surface area contributed by atoms with Gasteiger partial charge in [0.2, 0.25) is 0 Å². The first-order chi connectivity index (χ1) is 9.24. The summed E-state index contributed by atoms with van der Waals surface area (Å²) < 4.78 is 0. The van der Waals surface area contributed by atoms with Crippen molar-refractivity contribution in [2.24, 2.45) is 0 Å². The highest BCUT2D eigenvalue weighted by Gasteiger charge is 2.29. The molecular formula is C14H20N4O. The molecule has 0 spiro atoms. The average Bonchev–Trinajstić information content (AvgIpc) is 2.37.